The van der Waals surface area contributed by atoms with Crippen molar-refractivity contribution in [3.05, 3.63) is 0 Å². The van der Waals surface area contributed by atoms with Crippen molar-refractivity contribution in [2.75, 3.05) is 0 Å². The third-order valence-electron chi connectivity index (χ3n) is 1.07. The lowest BCUT2D eigenvalue weighted by Crippen LogP contribution is -1.94. The van der Waals surface area contributed by atoms with E-state index in [0.29, 0.717) is 5.54 Å². The lowest BCUT2D eigenvalue weighted by atomic mass is 10.3. The number of hydrogen-bond donors (Lipinski definition) is 0. The molecular formula is C5H13OSi. The van der Waals surface area contributed by atoms with E-state index in [-0.39, 0.29) is 0 Å². The SMILES string of the molecule is CCCC(C)[SiH2][O]. The zero-order valence-corrected chi connectivity index (χ0v) is 6.52. The van der Waals surface area contributed by atoms with Crippen molar-refractivity contribution in [2.24, 2.45) is 0 Å². The molecule has 1 unspecified atom stereocenters. The first-order valence-electron chi connectivity index (χ1n) is 2.89. The first-order chi connectivity index (χ1) is 3.31. The number of hydrogen-bond acceptors (Lipinski definition) is 0. The van der Waals surface area contributed by atoms with Gasteiger partial charge in [-0.3, -0.25) is 0 Å². The van der Waals surface area contributed by atoms with Crippen LogP contribution in [0.15, 0.2) is 0 Å². The second-order valence-electron chi connectivity index (χ2n) is 2.06. The molecule has 1 nitrogen and oxygen atoms in total. The quantitative estimate of drug-likeness (QED) is 0.493. The molecule has 43 valence electrons. The predicted octanol–water partition coefficient (Wildman–Crippen LogP) is 1.11. The molecule has 0 aliphatic carbocycles. The van der Waals surface area contributed by atoms with Crippen LogP contribution in [0.25, 0.3) is 0 Å². The smallest absolute Gasteiger partial charge is 0.209 e. The minimum Gasteiger partial charge on any atom is -0.306 e. The zero-order valence-electron chi connectivity index (χ0n) is 5.11. The molecule has 0 aliphatic heterocycles. The van der Waals surface area contributed by atoms with Crippen molar-refractivity contribution < 1.29 is 4.80 Å². The third kappa shape index (κ3) is 4.02. The largest absolute Gasteiger partial charge is 0.306 e. The molecule has 0 aromatic rings. The molecule has 0 aliphatic rings. The van der Waals surface area contributed by atoms with Crippen LogP contribution in [-0.4, -0.2) is 9.76 Å². The van der Waals surface area contributed by atoms with Crippen LogP contribution in [0.4, 0.5) is 0 Å². The zero-order chi connectivity index (χ0) is 5.70. The van der Waals surface area contributed by atoms with Crippen LogP contribution < -0.4 is 0 Å². The Morgan fingerprint density at radius 2 is 2.29 bits per heavy atom. The molecule has 0 N–H and O–H groups in total. The van der Waals surface area contributed by atoms with E-state index in [9.17, 15) is 4.80 Å². The van der Waals surface area contributed by atoms with E-state index in [1.54, 1.807) is 0 Å². The second kappa shape index (κ2) is 4.34. The molecule has 0 rings (SSSR count). The van der Waals surface area contributed by atoms with Gasteiger partial charge in [0.25, 0.3) is 0 Å². The Morgan fingerprint density at radius 1 is 1.71 bits per heavy atom. The molecule has 7 heavy (non-hydrogen) atoms. The van der Waals surface area contributed by atoms with Gasteiger partial charge in [0, 0.05) is 0 Å². The van der Waals surface area contributed by atoms with Crippen molar-refractivity contribution in [3.63, 3.8) is 0 Å². The van der Waals surface area contributed by atoms with Gasteiger partial charge in [0.2, 0.25) is 9.76 Å². The van der Waals surface area contributed by atoms with Crippen molar-refractivity contribution >= 4 is 9.76 Å². The summed E-state index contributed by atoms with van der Waals surface area (Å²) < 4.78 is 0. The molecule has 1 atom stereocenters. The van der Waals surface area contributed by atoms with Crippen LogP contribution in [0.3, 0.4) is 0 Å². The highest BCUT2D eigenvalue weighted by Crippen LogP contribution is 2.07. The van der Waals surface area contributed by atoms with Crippen LogP contribution in [0.5, 0.6) is 0 Å². The van der Waals surface area contributed by atoms with Crippen molar-refractivity contribution in [2.45, 2.75) is 32.2 Å². The van der Waals surface area contributed by atoms with Gasteiger partial charge in [-0.25, -0.2) is 0 Å². The maximum atomic E-state index is 10.2. The summed E-state index contributed by atoms with van der Waals surface area (Å²) in [7, 11) is -0.923. The summed E-state index contributed by atoms with van der Waals surface area (Å²) in [4.78, 5) is 10.2. The van der Waals surface area contributed by atoms with Gasteiger partial charge in [-0.05, 0) is 5.54 Å². The maximum Gasteiger partial charge on any atom is 0.209 e. The average Bonchev–Trinajstić information content (AvgIpc) is 1.68. The lowest BCUT2D eigenvalue weighted by molar-refractivity contribution is 0.456. The van der Waals surface area contributed by atoms with Crippen molar-refractivity contribution in [3.8, 4) is 0 Å². The van der Waals surface area contributed by atoms with Crippen LogP contribution in [0.2, 0.25) is 5.54 Å². The van der Waals surface area contributed by atoms with E-state index in [1.807, 2.05) is 0 Å². The summed E-state index contributed by atoms with van der Waals surface area (Å²) >= 11 is 0. The van der Waals surface area contributed by atoms with Gasteiger partial charge in [-0.15, -0.1) is 0 Å². The molecular weight excluding hydrogens is 104 g/mol. The molecule has 0 aromatic carbocycles. The maximum absolute atomic E-state index is 10.2. The Morgan fingerprint density at radius 3 is 2.43 bits per heavy atom. The van der Waals surface area contributed by atoms with E-state index in [0.717, 1.165) is 6.42 Å². The van der Waals surface area contributed by atoms with Gasteiger partial charge < -0.3 is 4.80 Å². The molecule has 0 aromatic heterocycles. The fraction of sp³-hybridized carbons (Fsp3) is 1.00. The van der Waals surface area contributed by atoms with Crippen LogP contribution in [-0.2, 0) is 4.80 Å². The van der Waals surface area contributed by atoms with E-state index in [4.69, 9.17) is 0 Å². The molecule has 0 saturated carbocycles. The third-order valence-corrected chi connectivity index (χ3v) is 2.04. The van der Waals surface area contributed by atoms with Crippen LogP contribution in [0, 0.1) is 0 Å². The first-order valence-corrected chi connectivity index (χ1v) is 4.28. The van der Waals surface area contributed by atoms with Crippen LogP contribution >= 0.6 is 0 Å². The minimum atomic E-state index is -0.923. The fourth-order valence-electron chi connectivity index (χ4n) is 0.576. The second-order valence-corrected chi connectivity index (χ2v) is 3.79. The van der Waals surface area contributed by atoms with Gasteiger partial charge >= 0.3 is 0 Å². The van der Waals surface area contributed by atoms with E-state index >= 15 is 0 Å². The van der Waals surface area contributed by atoms with Crippen molar-refractivity contribution in [1.29, 1.82) is 0 Å². The van der Waals surface area contributed by atoms with Gasteiger partial charge in [0.1, 0.15) is 0 Å². The minimum absolute atomic E-state index is 0.532. The molecule has 0 saturated heterocycles. The summed E-state index contributed by atoms with van der Waals surface area (Å²) in [6.07, 6.45) is 2.33. The summed E-state index contributed by atoms with van der Waals surface area (Å²) in [5, 5.41) is 0. The highest BCUT2D eigenvalue weighted by atomic mass is 28.2. The topological polar surface area (TPSA) is 19.9 Å². The molecule has 0 amide bonds. The Labute approximate surface area is 47.7 Å². The Bertz CT molecular complexity index is 39.1. The predicted molar refractivity (Wildman–Crippen MR) is 33.6 cm³/mol. The molecule has 0 spiro atoms. The number of rotatable bonds is 3. The van der Waals surface area contributed by atoms with Gasteiger partial charge in [0.15, 0.2) is 0 Å². The fourth-order valence-corrected chi connectivity index (χ4v) is 1.15. The van der Waals surface area contributed by atoms with Crippen molar-refractivity contribution in [1.82, 2.24) is 0 Å². The average molecular weight is 117 g/mol. The normalized spacial score (nSPS) is 15.9. The van der Waals surface area contributed by atoms with Gasteiger partial charge in [0.05, 0.1) is 0 Å². The molecule has 0 fully saturated rings. The van der Waals surface area contributed by atoms with Crippen LogP contribution in [0.1, 0.15) is 26.7 Å². The van der Waals surface area contributed by atoms with E-state index in [1.165, 1.54) is 6.42 Å². The monoisotopic (exact) mass is 117 g/mol. The highest BCUT2D eigenvalue weighted by molar-refractivity contribution is 6.27. The summed E-state index contributed by atoms with van der Waals surface area (Å²) in [6, 6.07) is 0. The Balaban J connectivity index is 2.83. The molecule has 2 heteroatoms. The summed E-state index contributed by atoms with van der Waals surface area (Å²) in [5.74, 6) is 0. The molecule has 0 heterocycles. The van der Waals surface area contributed by atoms with Gasteiger partial charge in [-0.2, -0.15) is 0 Å². The van der Waals surface area contributed by atoms with E-state index < -0.39 is 9.76 Å². The lowest BCUT2D eigenvalue weighted by Gasteiger charge is -1.99. The molecule has 0 bridgehead atoms. The summed E-state index contributed by atoms with van der Waals surface area (Å²) in [6.45, 7) is 4.18. The first kappa shape index (κ1) is 7.18. The molecule has 1 radical (unpaired) electrons. The standard InChI is InChI=1S/C5H13OSi/c1-3-4-5(2)7-6/h5H,3-4,7H2,1-2H3. The Kier molecular flexibility index (Phi) is 4.45. The Hall–Kier alpha value is 0.177. The highest BCUT2D eigenvalue weighted by Gasteiger charge is 1.97. The van der Waals surface area contributed by atoms with Gasteiger partial charge in [-0.1, -0.05) is 26.7 Å². The van der Waals surface area contributed by atoms with E-state index in [2.05, 4.69) is 13.8 Å². The summed E-state index contributed by atoms with van der Waals surface area (Å²) in [5.41, 5.74) is 0.532.